The molecule has 0 aromatic carbocycles. The van der Waals surface area contributed by atoms with Gasteiger partial charge in [0, 0.05) is 18.9 Å². The summed E-state index contributed by atoms with van der Waals surface area (Å²) in [4.78, 5) is 11.5. The molecule has 1 N–H and O–H groups in total. The molecule has 0 aliphatic rings. The molecule has 0 aromatic heterocycles. The van der Waals surface area contributed by atoms with Crippen LogP contribution in [0, 0.1) is 5.92 Å². The molecular weight excluding hydrogens is 202 g/mol. The molecule has 0 aliphatic heterocycles. The summed E-state index contributed by atoms with van der Waals surface area (Å²) in [6, 6.07) is 0.114. The summed E-state index contributed by atoms with van der Waals surface area (Å²) in [6.45, 7) is 4.46. The van der Waals surface area contributed by atoms with Gasteiger partial charge in [-0.3, -0.25) is 4.79 Å². The molecule has 0 heterocycles. The lowest BCUT2D eigenvalue weighted by Crippen LogP contribution is -2.41. The largest absolute Gasteiger partial charge is 0.383 e. The number of methoxy groups -OCH3 is 1. The van der Waals surface area contributed by atoms with Crippen LogP contribution in [0.3, 0.4) is 0 Å². The van der Waals surface area contributed by atoms with Gasteiger partial charge in [-0.25, -0.2) is 0 Å². The summed E-state index contributed by atoms with van der Waals surface area (Å²) in [5.41, 5.74) is 0. The van der Waals surface area contributed by atoms with E-state index < -0.39 is 0 Å². The van der Waals surface area contributed by atoms with Gasteiger partial charge in [0.05, 0.1) is 12.6 Å². The Morgan fingerprint density at radius 2 is 2.21 bits per heavy atom. The van der Waals surface area contributed by atoms with Crippen molar-refractivity contribution in [2.24, 2.45) is 5.92 Å². The first-order valence-electron chi connectivity index (χ1n) is 5.00. The summed E-state index contributed by atoms with van der Waals surface area (Å²) in [5, 5.41) is 2.92. The van der Waals surface area contributed by atoms with E-state index in [1.165, 1.54) is 0 Å². The van der Waals surface area contributed by atoms with E-state index in [4.69, 9.17) is 16.3 Å². The number of alkyl halides is 1. The Balaban J connectivity index is 3.94. The molecule has 0 saturated carbocycles. The highest BCUT2D eigenvalue weighted by atomic mass is 35.5. The number of ether oxygens (including phenoxy) is 1. The first-order valence-corrected chi connectivity index (χ1v) is 5.54. The van der Waals surface area contributed by atoms with E-state index in [1.54, 1.807) is 7.11 Å². The molecule has 14 heavy (non-hydrogen) atoms. The van der Waals surface area contributed by atoms with Crippen LogP contribution in [0.2, 0.25) is 0 Å². The number of hydrogen-bond donors (Lipinski definition) is 1. The van der Waals surface area contributed by atoms with Crippen LogP contribution in [0.25, 0.3) is 0 Å². The van der Waals surface area contributed by atoms with Gasteiger partial charge >= 0.3 is 0 Å². The van der Waals surface area contributed by atoms with Crippen LogP contribution in [-0.4, -0.2) is 31.5 Å². The molecule has 2 unspecified atom stereocenters. The molecular formula is C10H20ClNO2. The van der Waals surface area contributed by atoms with Crippen molar-refractivity contribution < 1.29 is 9.53 Å². The van der Waals surface area contributed by atoms with Gasteiger partial charge in [0.15, 0.2) is 0 Å². The van der Waals surface area contributed by atoms with Crippen molar-refractivity contribution in [3.05, 3.63) is 0 Å². The van der Waals surface area contributed by atoms with Crippen LogP contribution < -0.4 is 5.32 Å². The summed E-state index contributed by atoms with van der Waals surface area (Å²) in [7, 11) is 1.64. The second kappa shape index (κ2) is 8.06. The van der Waals surface area contributed by atoms with Crippen LogP contribution in [0.4, 0.5) is 0 Å². The fraction of sp³-hybridized carbons (Fsp3) is 0.900. The Labute approximate surface area is 91.2 Å². The van der Waals surface area contributed by atoms with Crippen LogP contribution in [0.15, 0.2) is 0 Å². The van der Waals surface area contributed by atoms with Gasteiger partial charge in [0.1, 0.15) is 0 Å². The Hall–Kier alpha value is -0.280. The Bertz CT molecular complexity index is 158. The number of nitrogens with one attached hydrogen (secondary N) is 1. The summed E-state index contributed by atoms with van der Waals surface area (Å²) < 4.78 is 5.02. The first-order chi connectivity index (χ1) is 6.65. The highest BCUT2D eigenvalue weighted by molar-refractivity contribution is 6.19. The average molecular weight is 222 g/mol. The molecule has 84 valence electrons. The zero-order valence-electron chi connectivity index (χ0n) is 9.18. The number of rotatable bonds is 7. The second-order valence-electron chi connectivity index (χ2n) is 3.50. The number of halogens is 1. The lowest BCUT2D eigenvalue weighted by molar-refractivity contribution is -0.125. The van der Waals surface area contributed by atoms with Crippen LogP contribution >= 0.6 is 11.6 Å². The van der Waals surface area contributed by atoms with E-state index in [9.17, 15) is 4.79 Å². The van der Waals surface area contributed by atoms with Gasteiger partial charge in [-0.2, -0.15) is 0 Å². The average Bonchev–Trinajstić information content (AvgIpc) is 2.17. The van der Waals surface area contributed by atoms with E-state index in [0.29, 0.717) is 12.5 Å². The molecule has 0 fully saturated rings. The second-order valence-corrected chi connectivity index (χ2v) is 3.81. The molecule has 0 bridgehead atoms. The van der Waals surface area contributed by atoms with Crippen LogP contribution in [-0.2, 0) is 9.53 Å². The molecule has 0 aromatic rings. The topological polar surface area (TPSA) is 38.3 Å². The molecule has 3 nitrogen and oxygen atoms in total. The van der Waals surface area contributed by atoms with Gasteiger partial charge in [-0.05, 0) is 6.42 Å². The standard InChI is InChI=1S/C10H20ClNO2/c1-4-5-9(7-14-3)12-10(13)8(2)6-11/h8-9H,4-7H2,1-3H3,(H,12,13). The van der Waals surface area contributed by atoms with E-state index in [2.05, 4.69) is 12.2 Å². The molecule has 0 rings (SSSR count). The summed E-state index contributed by atoms with van der Waals surface area (Å²) >= 11 is 5.59. The zero-order valence-corrected chi connectivity index (χ0v) is 9.93. The van der Waals surface area contributed by atoms with Crippen molar-refractivity contribution in [2.45, 2.75) is 32.7 Å². The van der Waals surface area contributed by atoms with Crippen molar-refractivity contribution in [1.82, 2.24) is 5.32 Å². The third-order valence-corrected chi connectivity index (χ3v) is 2.49. The molecule has 0 saturated heterocycles. The fourth-order valence-electron chi connectivity index (χ4n) is 1.16. The number of carbonyl (C=O) groups is 1. The predicted octanol–water partition coefficient (Wildman–Crippen LogP) is 1.79. The van der Waals surface area contributed by atoms with Crippen LogP contribution in [0.5, 0.6) is 0 Å². The lowest BCUT2D eigenvalue weighted by Gasteiger charge is -2.18. The van der Waals surface area contributed by atoms with Gasteiger partial charge in [-0.1, -0.05) is 20.3 Å². The summed E-state index contributed by atoms with van der Waals surface area (Å²) in [5.74, 6) is 0.237. The first kappa shape index (κ1) is 13.7. The molecule has 2 atom stereocenters. The van der Waals surface area contributed by atoms with Gasteiger partial charge in [0.25, 0.3) is 0 Å². The monoisotopic (exact) mass is 221 g/mol. The number of carbonyl (C=O) groups excluding carboxylic acids is 1. The number of amides is 1. The van der Waals surface area contributed by atoms with Gasteiger partial charge in [-0.15, -0.1) is 11.6 Å². The maximum Gasteiger partial charge on any atom is 0.224 e. The minimum absolute atomic E-state index is 0.00972. The highest BCUT2D eigenvalue weighted by Gasteiger charge is 2.15. The van der Waals surface area contributed by atoms with Crippen molar-refractivity contribution in [1.29, 1.82) is 0 Å². The maximum absolute atomic E-state index is 11.5. The van der Waals surface area contributed by atoms with Crippen molar-refractivity contribution in [3.8, 4) is 0 Å². The molecule has 0 aliphatic carbocycles. The third kappa shape index (κ3) is 5.45. The van der Waals surface area contributed by atoms with Crippen LogP contribution in [0.1, 0.15) is 26.7 Å². The third-order valence-electron chi connectivity index (χ3n) is 2.03. The van der Waals surface area contributed by atoms with Crippen molar-refractivity contribution >= 4 is 17.5 Å². The zero-order chi connectivity index (χ0) is 11.0. The van der Waals surface area contributed by atoms with Gasteiger partial charge in [0.2, 0.25) is 5.91 Å². The van der Waals surface area contributed by atoms with Gasteiger partial charge < -0.3 is 10.1 Å². The van der Waals surface area contributed by atoms with E-state index in [0.717, 1.165) is 12.8 Å². The van der Waals surface area contributed by atoms with E-state index in [1.807, 2.05) is 6.92 Å². The minimum atomic E-state index is -0.132. The molecule has 1 amide bonds. The predicted molar refractivity (Wildman–Crippen MR) is 58.6 cm³/mol. The Kier molecular flexibility index (Phi) is 7.90. The quantitative estimate of drug-likeness (QED) is 0.666. The summed E-state index contributed by atoms with van der Waals surface area (Å²) in [6.07, 6.45) is 1.97. The van der Waals surface area contributed by atoms with Crippen molar-refractivity contribution in [2.75, 3.05) is 19.6 Å². The minimum Gasteiger partial charge on any atom is -0.383 e. The van der Waals surface area contributed by atoms with E-state index >= 15 is 0 Å². The maximum atomic E-state index is 11.5. The number of hydrogen-bond acceptors (Lipinski definition) is 2. The SMILES string of the molecule is CCCC(COC)NC(=O)C(C)CCl. The smallest absolute Gasteiger partial charge is 0.224 e. The highest BCUT2D eigenvalue weighted by Crippen LogP contribution is 2.02. The molecule has 4 heteroatoms. The molecule has 0 radical (unpaired) electrons. The fourth-order valence-corrected chi connectivity index (χ4v) is 1.30. The Morgan fingerprint density at radius 1 is 1.57 bits per heavy atom. The normalized spacial score (nSPS) is 14.9. The van der Waals surface area contributed by atoms with E-state index in [-0.39, 0.29) is 17.9 Å². The lowest BCUT2D eigenvalue weighted by atomic mass is 10.1. The molecule has 0 spiro atoms. The Morgan fingerprint density at radius 3 is 2.64 bits per heavy atom. The van der Waals surface area contributed by atoms with Crippen molar-refractivity contribution in [3.63, 3.8) is 0 Å².